The van der Waals surface area contributed by atoms with Gasteiger partial charge >= 0.3 is 7.12 Å². The molecule has 0 atom stereocenters. The molecule has 1 radical (unpaired) electrons. The lowest BCUT2D eigenvalue weighted by atomic mass is 9.82. The van der Waals surface area contributed by atoms with Crippen LogP contribution in [0.5, 0.6) is 0 Å². The van der Waals surface area contributed by atoms with Gasteiger partial charge in [0.15, 0.2) is 5.27 Å². The van der Waals surface area contributed by atoms with E-state index in [1.54, 1.807) is 18.3 Å². The van der Waals surface area contributed by atoms with E-state index in [1.807, 2.05) is 0 Å². The van der Waals surface area contributed by atoms with Gasteiger partial charge in [0.05, 0.1) is 0 Å². The molecule has 0 aliphatic carbocycles. The number of pyridine rings is 1. The van der Waals surface area contributed by atoms with E-state index in [1.165, 1.54) is 10.9 Å². The monoisotopic (exact) mass is 205 g/mol. The van der Waals surface area contributed by atoms with Crippen LogP contribution in [0.1, 0.15) is 5.69 Å². The van der Waals surface area contributed by atoms with Crippen molar-refractivity contribution in [1.82, 2.24) is 10.3 Å². The quantitative estimate of drug-likeness (QED) is 0.442. The second kappa shape index (κ2) is 4.20. The first-order chi connectivity index (χ1) is 7.25. The molecule has 7 heteroatoms. The molecule has 0 aromatic carbocycles. The van der Waals surface area contributed by atoms with Crippen LogP contribution < -0.4 is 10.1 Å². The summed E-state index contributed by atoms with van der Waals surface area (Å²) in [6.45, 7) is 0.453. The molecule has 2 aromatic rings. The average Bonchev–Trinajstić information content (AvgIpc) is 2.71. The standard InChI is InChI=1S/C8H8BN3O3/c13-9(14)7-1-2-8(10-5-7)6-12-3-4-15-11-12/h1-3,5,13-14H,6H2/q+1. The maximum Gasteiger partial charge on any atom is 0.490 e. The number of hydrogen-bond acceptors (Lipinski definition) is 5. The molecule has 0 amide bonds. The van der Waals surface area contributed by atoms with Crippen LogP contribution in [0.25, 0.3) is 0 Å². The Labute approximate surface area is 85.9 Å². The molecule has 0 aliphatic heterocycles. The highest BCUT2D eigenvalue weighted by molar-refractivity contribution is 6.58. The first-order valence-electron chi connectivity index (χ1n) is 4.29. The molecule has 6 nitrogen and oxygen atoms in total. The zero-order valence-corrected chi connectivity index (χ0v) is 7.74. The fourth-order valence-corrected chi connectivity index (χ4v) is 1.11. The lowest BCUT2D eigenvalue weighted by Crippen LogP contribution is -2.36. The summed E-state index contributed by atoms with van der Waals surface area (Å²) in [6.07, 6.45) is 5.41. The number of nitrogens with zero attached hydrogens (tertiary/aromatic N) is 3. The minimum Gasteiger partial charge on any atom is -0.423 e. The van der Waals surface area contributed by atoms with Crippen LogP contribution in [0.3, 0.4) is 0 Å². The van der Waals surface area contributed by atoms with Crippen molar-refractivity contribution in [3.05, 3.63) is 36.5 Å². The van der Waals surface area contributed by atoms with Gasteiger partial charge in [0.2, 0.25) is 12.7 Å². The molecule has 0 unspecified atom stereocenters. The van der Waals surface area contributed by atoms with Gasteiger partial charge in [0, 0.05) is 11.7 Å². The van der Waals surface area contributed by atoms with Crippen molar-refractivity contribution in [2.45, 2.75) is 6.54 Å². The van der Waals surface area contributed by atoms with E-state index in [-0.39, 0.29) is 0 Å². The van der Waals surface area contributed by atoms with E-state index in [4.69, 9.17) is 10.0 Å². The van der Waals surface area contributed by atoms with Crippen LogP contribution in [-0.4, -0.2) is 27.4 Å². The molecule has 0 bridgehead atoms. The molecular formula is C8H8BN3O3+. The Hall–Kier alpha value is -1.73. The Kier molecular flexibility index (Phi) is 2.75. The molecule has 15 heavy (non-hydrogen) atoms. The van der Waals surface area contributed by atoms with Gasteiger partial charge < -0.3 is 10.0 Å². The maximum atomic E-state index is 8.85. The summed E-state index contributed by atoms with van der Waals surface area (Å²) in [5.41, 5.74) is 1.10. The maximum absolute atomic E-state index is 8.85. The first-order valence-corrected chi connectivity index (χ1v) is 4.29. The van der Waals surface area contributed by atoms with Crippen LogP contribution in [-0.2, 0) is 6.54 Å². The van der Waals surface area contributed by atoms with Gasteiger partial charge in [-0.25, -0.2) is 0 Å². The lowest BCUT2D eigenvalue weighted by Gasteiger charge is -1.98. The predicted molar refractivity (Wildman–Crippen MR) is 48.7 cm³/mol. The predicted octanol–water partition coefficient (Wildman–Crippen LogP) is -2.11. The van der Waals surface area contributed by atoms with E-state index in [9.17, 15) is 0 Å². The Morgan fingerprint density at radius 3 is 2.87 bits per heavy atom. The van der Waals surface area contributed by atoms with E-state index in [0.717, 1.165) is 5.69 Å². The molecule has 2 aromatic heterocycles. The molecule has 75 valence electrons. The Bertz CT molecular complexity index is 415. The highest BCUT2D eigenvalue weighted by atomic mass is 16.5. The van der Waals surface area contributed by atoms with E-state index >= 15 is 0 Å². The summed E-state index contributed by atoms with van der Waals surface area (Å²) in [5.74, 6) is 0. The smallest absolute Gasteiger partial charge is 0.423 e. The highest BCUT2D eigenvalue weighted by Gasteiger charge is 2.12. The van der Waals surface area contributed by atoms with Gasteiger partial charge in [-0.3, -0.25) is 9.51 Å². The highest BCUT2D eigenvalue weighted by Crippen LogP contribution is 1.91. The van der Waals surface area contributed by atoms with Gasteiger partial charge in [0.1, 0.15) is 5.69 Å². The summed E-state index contributed by atoms with van der Waals surface area (Å²) in [5, 5.41) is 21.3. The van der Waals surface area contributed by atoms with E-state index in [0.29, 0.717) is 12.0 Å². The third-order valence-electron chi connectivity index (χ3n) is 1.87. The Balaban J connectivity index is 2.11. The minimum atomic E-state index is -1.49. The van der Waals surface area contributed by atoms with Gasteiger partial charge in [0.25, 0.3) is 6.26 Å². The average molecular weight is 205 g/mol. The summed E-state index contributed by atoms with van der Waals surface area (Å²) in [6, 6.07) is 3.29. The van der Waals surface area contributed by atoms with Crippen LogP contribution in [0, 0.1) is 6.26 Å². The molecule has 0 saturated heterocycles. The topological polar surface area (TPSA) is 83.3 Å². The minimum absolute atomic E-state index is 0.357. The summed E-state index contributed by atoms with van der Waals surface area (Å²) < 4.78 is 6.05. The van der Waals surface area contributed by atoms with Crippen molar-refractivity contribution in [3.8, 4) is 0 Å². The Morgan fingerprint density at radius 2 is 2.33 bits per heavy atom. The van der Waals surface area contributed by atoms with Crippen molar-refractivity contribution >= 4 is 12.6 Å². The fourth-order valence-electron chi connectivity index (χ4n) is 1.11. The van der Waals surface area contributed by atoms with Crippen molar-refractivity contribution < 1.29 is 19.3 Å². The number of aromatic nitrogens is 3. The SMILES string of the molecule is OB(O)c1ccc(C[n+]2c[c]on2)nc1. The van der Waals surface area contributed by atoms with Crippen LogP contribution in [0.4, 0.5) is 0 Å². The second-order valence-corrected chi connectivity index (χ2v) is 2.97. The van der Waals surface area contributed by atoms with Crippen LogP contribution in [0.15, 0.2) is 29.0 Å². The summed E-state index contributed by atoms with van der Waals surface area (Å²) >= 11 is 0. The zero-order valence-electron chi connectivity index (χ0n) is 7.74. The van der Waals surface area contributed by atoms with Crippen molar-refractivity contribution in [2.24, 2.45) is 0 Å². The third kappa shape index (κ3) is 2.39. The zero-order chi connectivity index (χ0) is 10.7. The first kappa shape index (κ1) is 9.82. The molecule has 2 heterocycles. The Morgan fingerprint density at radius 1 is 1.47 bits per heavy atom. The number of hydrogen-bond donors (Lipinski definition) is 2. The molecule has 0 fully saturated rings. The molecule has 2 N–H and O–H groups in total. The summed E-state index contributed by atoms with van der Waals surface area (Å²) in [7, 11) is -1.49. The van der Waals surface area contributed by atoms with Crippen LogP contribution >= 0.6 is 0 Å². The lowest BCUT2D eigenvalue weighted by molar-refractivity contribution is -0.755. The van der Waals surface area contributed by atoms with Gasteiger partial charge in [-0.1, -0.05) is 6.07 Å². The van der Waals surface area contributed by atoms with Crippen LogP contribution in [0.2, 0.25) is 0 Å². The largest absolute Gasteiger partial charge is 0.490 e. The molecule has 2 rings (SSSR count). The van der Waals surface area contributed by atoms with Gasteiger partial charge in [-0.05, 0) is 10.7 Å². The van der Waals surface area contributed by atoms with E-state index < -0.39 is 7.12 Å². The summed E-state index contributed by atoms with van der Waals surface area (Å²) in [4.78, 5) is 4.04. The molecule has 0 saturated carbocycles. The van der Waals surface area contributed by atoms with Gasteiger partial charge in [-0.2, -0.15) is 0 Å². The van der Waals surface area contributed by atoms with Crippen molar-refractivity contribution in [1.29, 1.82) is 0 Å². The fraction of sp³-hybridized carbons (Fsp3) is 0.125. The second-order valence-electron chi connectivity index (χ2n) is 2.97. The molecule has 0 aliphatic rings. The molecular weight excluding hydrogens is 197 g/mol. The molecule has 0 spiro atoms. The number of rotatable bonds is 3. The normalized spacial score (nSPS) is 10.3. The third-order valence-corrected chi connectivity index (χ3v) is 1.87. The van der Waals surface area contributed by atoms with Crippen molar-refractivity contribution in [3.63, 3.8) is 0 Å². The van der Waals surface area contributed by atoms with Crippen molar-refractivity contribution in [2.75, 3.05) is 0 Å². The van der Waals surface area contributed by atoms with E-state index in [2.05, 4.69) is 21.0 Å². The van der Waals surface area contributed by atoms with Gasteiger partial charge in [-0.15, -0.1) is 0 Å².